The fourth-order valence-electron chi connectivity index (χ4n) is 6.68. The van der Waals surface area contributed by atoms with E-state index in [1.807, 2.05) is 35.8 Å². The molecule has 3 aromatic carbocycles. The van der Waals surface area contributed by atoms with E-state index < -0.39 is 0 Å². The summed E-state index contributed by atoms with van der Waals surface area (Å²) < 4.78 is 0.710. The van der Waals surface area contributed by atoms with Gasteiger partial charge in [0, 0.05) is 102 Å². The van der Waals surface area contributed by atoms with Gasteiger partial charge in [-0.15, -0.1) is 0 Å². The van der Waals surface area contributed by atoms with E-state index in [1.165, 1.54) is 0 Å². The standard InChI is InChI=1S/C26H25N5O2.C18H19BrN4O2/c1-17-5-6-24(23(9-17)13-27)20-10-21(12-22(11-20)26(33)31-7-3-4-8-31)25(32)30-16-19-14-28-18(2)29-15-19;1-12-20-9-13(10-21-12)11-22-17(24)14-6-15(8-16(19)7-14)18(25)23-4-2-3-5-23/h5-6,9-12,14-15H,3-4,7-8,16H2,1-2H3,(H,30,32);6-10H,2-5,11H2,1H3,(H,22,24). The van der Waals surface area contributed by atoms with Crippen molar-refractivity contribution in [3.63, 3.8) is 0 Å². The van der Waals surface area contributed by atoms with Crippen molar-refractivity contribution in [3.05, 3.63) is 140 Å². The Kier molecular flexibility index (Phi) is 13.7. The largest absolute Gasteiger partial charge is 0.348 e. The number of nitrogens with zero attached hydrogens (tertiary/aromatic N) is 7. The Bertz CT molecular complexity index is 2350. The molecule has 2 aromatic heterocycles. The zero-order valence-electron chi connectivity index (χ0n) is 32.7. The Morgan fingerprint density at radius 1 is 0.638 bits per heavy atom. The number of hydrogen-bond donors (Lipinski definition) is 2. The number of rotatable bonds is 9. The van der Waals surface area contributed by atoms with E-state index in [4.69, 9.17) is 0 Å². The molecule has 0 atom stereocenters. The molecule has 0 unspecified atom stereocenters. The number of aromatic nitrogens is 4. The lowest BCUT2D eigenvalue weighted by Crippen LogP contribution is -2.28. The molecule has 4 heterocycles. The maximum absolute atomic E-state index is 13.1. The van der Waals surface area contributed by atoms with E-state index in [9.17, 15) is 24.4 Å². The quantitative estimate of drug-likeness (QED) is 0.168. The summed E-state index contributed by atoms with van der Waals surface area (Å²) in [7, 11) is 0. The molecule has 13 nitrogen and oxygen atoms in total. The first-order valence-corrected chi connectivity index (χ1v) is 19.9. The van der Waals surface area contributed by atoms with Gasteiger partial charge < -0.3 is 20.4 Å². The topological polar surface area (TPSA) is 174 Å². The van der Waals surface area contributed by atoms with Crippen molar-refractivity contribution in [3.8, 4) is 17.2 Å². The summed E-state index contributed by atoms with van der Waals surface area (Å²) in [6.45, 7) is 9.12. The lowest BCUT2D eigenvalue weighted by Gasteiger charge is -2.17. The van der Waals surface area contributed by atoms with Gasteiger partial charge >= 0.3 is 0 Å². The number of aryl methyl sites for hydroxylation is 3. The number of carbonyl (C=O) groups excluding carboxylic acids is 4. The first kappa shape index (κ1) is 41.3. The van der Waals surface area contributed by atoms with Crippen molar-refractivity contribution in [1.82, 2.24) is 40.4 Å². The van der Waals surface area contributed by atoms with E-state index >= 15 is 0 Å². The van der Waals surface area contributed by atoms with Gasteiger partial charge in [-0.3, -0.25) is 19.2 Å². The van der Waals surface area contributed by atoms with Crippen LogP contribution in [-0.2, 0) is 13.1 Å². The average Bonchev–Trinajstić information content (AvgIpc) is 3.99. The molecule has 58 heavy (non-hydrogen) atoms. The summed E-state index contributed by atoms with van der Waals surface area (Å²) in [6.07, 6.45) is 10.7. The van der Waals surface area contributed by atoms with Gasteiger partial charge in [0.2, 0.25) is 0 Å². The molecule has 7 rings (SSSR count). The second-order valence-electron chi connectivity index (χ2n) is 14.3. The van der Waals surface area contributed by atoms with Crippen molar-refractivity contribution in [2.45, 2.75) is 59.5 Å². The van der Waals surface area contributed by atoms with Crippen molar-refractivity contribution in [2.75, 3.05) is 26.2 Å². The van der Waals surface area contributed by atoms with Gasteiger partial charge in [-0.25, -0.2) is 19.9 Å². The van der Waals surface area contributed by atoms with E-state index in [0.717, 1.165) is 55.5 Å². The molecular weight excluding hydrogens is 798 g/mol. The van der Waals surface area contributed by atoms with E-state index in [0.29, 0.717) is 74.7 Å². The third-order valence-electron chi connectivity index (χ3n) is 9.82. The van der Waals surface area contributed by atoms with Crippen LogP contribution in [-0.4, -0.2) is 79.5 Å². The minimum absolute atomic E-state index is 0.0280. The molecular formula is C44H44BrN9O4. The molecule has 0 saturated carbocycles. The number of carbonyl (C=O) groups is 4. The molecule has 0 radical (unpaired) electrons. The molecule has 2 N–H and O–H groups in total. The van der Waals surface area contributed by atoms with Crippen LogP contribution < -0.4 is 10.6 Å². The second kappa shape index (κ2) is 19.2. The Hall–Kier alpha value is -6.33. The number of halogens is 1. The lowest BCUT2D eigenvalue weighted by molar-refractivity contribution is 0.0784. The Morgan fingerprint density at radius 3 is 1.55 bits per heavy atom. The van der Waals surface area contributed by atoms with E-state index in [1.54, 1.807) is 74.2 Å². The second-order valence-corrected chi connectivity index (χ2v) is 15.2. The molecule has 4 amide bonds. The van der Waals surface area contributed by atoms with Crippen molar-refractivity contribution < 1.29 is 19.2 Å². The highest BCUT2D eigenvalue weighted by molar-refractivity contribution is 9.10. The zero-order valence-corrected chi connectivity index (χ0v) is 34.3. The van der Waals surface area contributed by atoms with Crippen LogP contribution >= 0.6 is 15.9 Å². The lowest BCUT2D eigenvalue weighted by atomic mass is 9.94. The van der Waals surface area contributed by atoms with Crippen molar-refractivity contribution in [2.24, 2.45) is 0 Å². The summed E-state index contributed by atoms with van der Waals surface area (Å²) in [5.41, 5.74) is 6.23. The van der Waals surface area contributed by atoms with E-state index in [-0.39, 0.29) is 30.2 Å². The molecule has 2 fully saturated rings. The molecule has 0 aliphatic carbocycles. The molecule has 14 heteroatoms. The number of hydrogen-bond acceptors (Lipinski definition) is 9. The molecule has 2 aliphatic rings. The number of likely N-dealkylation sites (tertiary alicyclic amines) is 2. The third-order valence-corrected chi connectivity index (χ3v) is 10.3. The van der Waals surface area contributed by atoms with Gasteiger partial charge in [-0.1, -0.05) is 28.1 Å². The summed E-state index contributed by atoms with van der Waals surface area (Å²) in [5, 5.41) is 15.4. The minimum Gasteiger partial charge on any atom is -0.348 e. The van der Waals surface area contributed by atoms with Crippen LogP contribution in [0.1, 0.15) is 101 Å². The van der Waals surface area contributed by atoms with E-state index in [2.05, 4.69) is 52.6 Å². The van der Waals surface area contributed by atoms with Crippen LogP contribution in [0.25, 0.3) is 11.1 Å². The summed E-state index contributed by atoms with van der Waals surface area (Å²) in [4.78, 5) is 71.3. The van der Waals surface area contributed by atoms with Gasteiger partial charge in [0.05, 0.1) is 11.6 Å². The Labute approximate surface area is 346 Å². The van der Waals surface area contributed by atoms with Crippen LogP contribution in [0, 0.1) is 32.1 Å². The normalized spacial score (nSPS) is 13.3. The van der Waals surface area contributed by atoms with Gasteiger partial charge in [0.1, 0.15) is 11.6 Å². The maximum atomic E-state index is 13.1. The fraction of sp³-hybridized carbons (Fsp3) is 0.295. The molecule has 0 spiro atoms. The predicted molar refractivity (Wildman–Crippen MR) is 222 cm³/mol. The van der Waals surface area contributed by atoms with Crippen molar-refractivity contribution >= 4 is 39.6 Å². The number of nitriles is 1. The highest BCUT2D eigenvalue weighted by atomic mass is 79.9. The van der Waals surface area contributed by atoms with Crippen LogP contribution in [0.4, 0.5) is 0 Å². The zero-order chi connectivity index (χ0) is 41.2. The van der Waals surface area contributed by atoms with Gasteiger partial charge in [0.25, 0.3) is 23.6 Å². The first-order chi connectivity index (χ1) is 28.0. The molecule has 0 bridgehead atoms. The first-order valence-electron chi connectivity index (χ1n) is 19.1. The number of benzene rings is 3. The van der Waals surface area contributed by atoms with Gasteiger partial charge in [0.15, 0.2) is 0 Å². The Balaban J connectivity index is 0.000000203. The minimum atomic E-state index is -0.307. The Morgan fingerprint density at radius 2 is 1.07 bits per heavy atom. The highest BCUT2D eigenvalue weighted by Gasteiger charge is 2.23. The molecule has 2 aliphatic heterocycles. The monoisotopic (exact) mass is 841 g/mol. The molecule has 5 aromatic rings. The summed E-state index contributed by atoms with van der Waals surface area (Å²) >= 11 is 3.39. The third kappa shape index (κ3) is 10.7. The van der Waals surface area contributed by atoms with Crippen LogP contribution in [0.15, 0.2) is 83.9 Å². The van der Waals surface area contributed by atoms with Gasteiger partial charge in [-0.2, -0.15) is 5.26 Å². The SMILES string of the molecule is Cc1ccc(-c2cc(C(=O)NCc3cnc(C)nc3)cc(C(=O)N3CCCC3)c2)c(C#N)c1.Cc1ncc(CNC(=O)c2cc(Br)cc(C(=O)N3CCCC3)c2)cn1. The number of nitrogens with one attached hydrogen (secondary N) is 2. The van der Waals surface area contributed by atoms with Crippen LogP contribution in [0.5, 0.6) is 0 Å². The van der Waals surface area contributed by atoms with Gasteiger partial charge in [-0.05, 0) is 106 Å². The fourth-order valence-corrected chi connectivity index (χ4v) is 7.17. The maximum Gasteiger partial charge on any atom is 0.253 e. The van der Waals surface area contributed by atoms with Crippen LogP contribution in [0.3, 0.4) is 0 Å². The number of amides is 4. The summed E-state index contributed by atoms with van der Waals surface area (Å²) in [5.74, 6) is 0.679. The predicted octanol–water partition coefficient (Wildman–Crippen LogP) is 6.51. The molecule has 296 valence electrons. The highest BCUT2D eigenvalue weighted by Crippen LogP contribution is 2.28. The summed E-state index contributed by atoms with van der Waals surface area (Å²) in [6, 6.07) is 18.1. The smallest absolute Gasteiger partial charge is 0.253 e. The average molecular weight is 843 g/mol. The molecule has 2 saturated heterocycles. The van der Waals surface area contributed by atoms with Crippen molar-refractivity contribution in [1.29, 1.82) is 5.26 Å². The van der Waals surface area contributed by atoms with Crippen LogP contribution in [0.2, 0.25) is 0 Å².